The van der Waals surface area contributed by atoms with E-state index in [9.17, 15) is 14.0 Å². The summed E-state index contributed by atoms with van der Waals surface area (Å²) in [5.41, 5.74) is 0.604. The van der Waals surface area contributed by atoms with E-state index in [4.69, 9.17) is 20.8 Å². The Hall–Kier alpha value is -3.03. The fourth-order valence-corrected chi connectivity index (χ4v) is 3.85. The first-order valence-corrected chi connectivity index (χ1v) is 10.2. The van der Waals surface area contributed by atoms with Crippen LogP contribution in [0.15, 0.2) is 70.0 Å². The Morgan fingerprint density at radius 3 is 2.67 bits per heavy atom. The molecule has 2 heterocycles. The van der Waals surface area contributed by atoms with Gasteiger partial charge in [-0.2, -0.15) is 0 Å². The van der Waals surface area contributed by atoms with Gasteiger partial charge in [0.05, 0.1) is 16.5 Å². The molecule has 0 bridgehead atoms. The zero-order chi connectivity index (χ0) is 21.1. The summed E-state index contributed by atoms with van der Waals surface area (Å²) in [6.45, 7) is 0.347. The first-order chi connectivity index (χ1) is 14.5. The van der Waals surface area contributed by atoms with Gasteiger partial charge in [0.2, 0.25) is 0 Å². The number of thioether (sulfide) groups is 1. The van der Waals surface area contributed by atoms with Gasteiger partial charge in [0, 0.05) is 11.6 Å². The van der Waals surface area contributed by atoms with Gasteiger partial charge in [0.15, 0.2) is 0 Å². The van der Waals surface area contributed by atoms with E-state index >= 15 is 0 Å². The minimum atomic E-state index is -0.517. The Kier molecular flexibility index (Phi) is 5.92. The van der Waals surface area contributed by atoms with Crippen LogP contribution in [0.4, 0.5) is 9.18 Å². The molecule has 2 amide bonds. The minimum Gasteiger partial charge on any atom is -0.492 e. The van der Waals surface area contributed by atoms with Crippen molar-refractivity contribution in [3.05, 3.63) is 82.2 Å². The number of ether oxygens (including phenoxy) is 1. The molecule has 8 heteroatoms. The number of amides is 2. The van der Waals surface area contributed by atoms with Crippen molar-refractivity contribution in [2.45, 2.75) is 0 Å². The molecule has 1 aliphatic heterocycles. The summed E-state index contributed by atoms with van der Waals surface area (Å²) in [5, 5.41) is -0.371. The first kappa shape index (κ1) is 20.3. The average Bonchev–Trinajstić information content (AvgIpc) is 3.31. The molecule has 1 aromatic heterocycles. The molecule has 152 valence electrons. The van der Waals surface area contributed by atoms with Crippen LogP contribution in [0.3, 0.4) is 0 Å². The number of furan rings is 1. The van der Waals surface area contributed by atoms with Gasteiger partial charge in [0.25, 0.3) is 11.1 Å². The molecular formula is C22H15ClFNO4S. The predicted octanol–water partition coefficient (Wildman–Crippen LogP) is 5.85. The van der Waals surface area contributed by atoms with E-state index in [1.807, 2.05) is 18.2 Å². The first-order valence-electron chi connectivity index (χ1n) is 9.00. The van der Waals surface area contributed by atoms with Crippen molar-refractivity contribution < 1.29 is 23.1 Å². The van der Waals surface area contributed by atoms with Crippen LogP contribution in [0.2, 0.25) is 5.02 Å². The van der Waals surface area contributed by atoms with Gasteiger partial charge >= 0.3 is 0 Å². The topological polar surface area (TPSA) is 59.8 Å². The molecule has 4 rings (SSSR count). The number of benzene rings is 2. The standard InChI is InChI=1S/C22H15ClFNO4S/c23-17-12-14(6-8-18(17)24)19-9-7-16(29-19)13-20-21(26)25(22(27)30-20)10-11-28-15-4-2-1-3-5-15/h1-9,12-13H,10-11H2/b20-13-. The van der Waals surface area contributed by atoms with E-state index in [2.05, 4.69) is 0 Å². The maximum Gasteiger partial charge on any atom is 0.293 e. The predicted molar refractivity (Wildman–Crippen MR) is 114 cm³/mol. The number of carbonyl (C=O) groups is 2. The molecule has 1 fully saturated rings. The summed E-state index contributed by atoms with van der Waals surface area (Å²) >= 11 is 6.65. The van der Waals surface area contributed by atoms with Crippen molar-refractivity contribution in [1.29, 1.82) is 0 Å². The number of rotatable bonds is 6. The van der Waals surface area contributed by atoms with Crippen LogP contribution in [0.25, 0.3) is 17.4 Å². The second-order valence-electron chi connectivity index (χ2n) is 6.33. The van der Waals surface area contributed by atoms with Crippen LogP contribution < -0.4 is 4.74 Å². The number of imide groups is 1. The third kappa shape index (κ3) is 4.42. The molecule has 0 spiro atoms. The fraction of sp³-hybridized carbons (Fsp3) is 0.0909. The Balaban J connectivity index is 1.43. The summed E-state index contributed by atoms with van der Waals surface area (Å²) in [6.07, 6.45) is 1.51. The Morgan fingerprint density at radius 2 is 1.90 bits per heavy atom. The third-order valence-corrected chi connectivity index (χ3v) is 5.50. The van der Waals surface area contributed by atoms with Crippen molar-refractivity contribution in [2.24, 2.45) is 0 Å². The van der Waals surface area contributed by atoms with E-state index in [0.29, 0.717) is 22.8 Å². The molecule has 3 aromatic rings. The molecule has 1 saturated heterocycles. The van der Waals surface area contributed by atoms with Crippen LogP contribution in [0.1, 0.15) is 5.76 Å². The van der Waals surface area contributed by atoms with Crippen molar-refractivity contribution in [3.8, 4) is 17.1 Å². The molecule has 0 atom stereocenters. The average molecular weight is 444 g/mol. The third-order valence-electron chi connectivity index (χ3n) is 4.30. The lowest BCUT2D eigenvalue weighted by Gasteiger charge is -2.13. The van der Waals surface area contributed by atoms with Gasteiger partial charge in [-0.05, 0) is 54.2 Å². The molecule has 5 nitrogen and oxygen atoms in total. The fourth-order valence-electron chi connectivity index (χ4n) is 2.83. The molecule has 0 radical (unpaired) electrons. The van der Waals surface area contributed by atoms with Crippen LogP contribution >= 0.6 is 23.4 Å². The number of hydrogen-bond donors (Lipinski definition) is 0. The number of para-hydroxylation sites is 1. The van der Waals surface area contributed by atoms with Crippen LogP contribution in [0, 0.1) is 5.82 Å². The van der Waals surface area contributed by atoms with Gasteiger partial charge in [-0.25, -0.2) is 4.39 Å². The van der Waals surface area contributed by atoms with Gasteiger partial charge in [-0.15, -0.1) is 0 Å². The van der Waals surface area contributed by atoms with Crippen molar-refractivity contribution in [2.75, 3.05) is 13.2 Å². The normalized spacial score (nSPS) is 15.3. The van der Waals surface area contributed by atoms with E-state index in [1.165, 1.54) is 18.2 Å². The number of nitrogens with zero attached hydrogens (tertiary/aromatic N) is 1. The molecule has 2 aromatic carbocycles. The molecular weight excluding hydrogens is 429 g/mol. The quantitative estimate of drug-likeness (QED) is 0.447. The number of hydrogen-bond acceptors (Lipinski definition) is 5. The second-order valence-corrected chi connectivity index (χ2v) is 7.73. The smallest absolute Gasteiger partial charge is 0.293 e. The minimum absolute atomic E-state index is 0.00992. The molecule has 0 saturated carbocycles. The van der Waals surface area contributed by atoms with Crippen molar-refractivity contribution >= 4 is 40.6 Å². The zero-order valence-corrected chi connectivity index (χ0v) is 17.1. The Morgan fingerprint density at radius 1 is 1.10 bits per heavy atom. The van der Waals surface area contributed by atoms with E-state index in [-0.39, 0.29) is 28.3 Å². The highest BCUT2D eigenvalue weighted by Crippen LogP contribution is 2.33. The number of carbonyl (C=O) groups excluding carboxylic acids is 2. The van der Waals surface area contributed by atoms with Crippen molar-refractivity contribution in [3.63, 3.8) is 0 Å². The largest absolute Gasteiger partial charge is 0.492 e. The van der Waals surface area contributed by atoms with Crippen molar-refractivity contribution in [1.82, 2.24) is 4.90 Å². The molecule has 0 N–H and O–H groups in total. The van der Waals surface area contributed by atoms with E-state index in [1.54, 1.807) is 30.3 Å². The molecule has 0 unspecified atom stereocenters. The van der Waals surface area contributed by atoms with Gasteiger partial charge in [0.1, 0.15) is 29.7 Å². The van der Waals surface area contributed by atoms with Gasteiger partial charge in [-0.3, -0.25) is 14.5 Å². The molecule has 30 heavy (non-hydrogen) atoms. The summed E-state index contributed by atoms with van der Waals surface area (Å²) in [6, 6.07) is 16.8. The van der Waals surface area contributed by atoms with Gasteiger partial charge in [-0.1, -0.05) is 29.8 Å². The number of halogens is 2. The molecule has 0 aliphatic carbocycles. The maximum absolute atomic E-state index is 13.3. The zero-order valence-electron chi connectivity index (χ0n) is 15.5. The maximum atomic E-state index is 13.3. The van der Waals surface area contributed by atoms with Crippen LogP contribution in [-0.4, -0.2) is 29.2 Å². The summed E-state index contributed by atoms with van der Waals surface area (Å²) in [4.78, 5) is 26.2. The second kappa shape index (κ2) is 8.77. The van der Waals surface area contributed by atoms with E-state index in [0.717, 1.165) is 16.7 Å². The van der Waals surface area contributed by atoms with Crippen LogP contribution in [0.5, 0.6) is 5.75 Å². The summed E-state index contributed by atoms with van der Waals surface area (Å²) < 4.78 is 24.6. The highest BCUT2D eigenvalue weighted by Gasteiger charge is 2.35. The molecule has 1 aliphatic rings. The lowest BCUT2D eigenvalue weighted by atomic mass is 10.2. The lowest BCUT2D eigenvalue weighted by molar-refractivity contribution is -0.123. The monoisotopic (exact) mass is 443 g/mol. The SMILES string of the molecule is O=C1S/C(=C\c2ccc(-c3ccc(F)c(Cl)c3)o2)C(=O)N1CCOc1ccccc1. The summed E-state index contributed by atoms with van der Waals surface area (Å²) in [5.74, 6) is 0.626. The van der Waals surface area contributed by atoms with Crippen LogP contribution in [-0.2, 0) is 4.79 Å². The highest BCUT2D eigenvalue weighted by molar-refractivity contribution is 8.18. The Bertz CT molecular complexity index is 1130. The Labute approximate surface area is 181 Å². The summed E-state index contributed by atoms with van der Waals surface area (Å²) in [7, 11) is 0. The highest BCUT2D eigenvalue weighted by atomic mass is 35.5. The van der Waals surface area contributed by atoms with E-state index < -0.39 is 11.7 Å². The van der Waals surface area contributed by atoms with Gasteiger partial charge < -0.3 is 9.15 Å². The lowest BCUT2D eigenvalue weighted by Crippen LogP contribution is -2.32.